The van der Waals surface area contributed by atoms with Crippen LogP contribution in [0.2, 0.25) is 0 Å². The van der Waals surface area contributed by atoms with Crippen LogP contribution in [0, 0.1) is 11.3 Å². The average molecular weight is 276 g/mol. The van der Waals surface area contributed by atoms with Gasteiger partial charge in [-0.1, -0.05) is 0 Å². The molecule has 1 amide bonds. The molecule has 5 heteroatoms. The normalized spacial score (nSPS) is 19.7. The summed E-state index contributed by atoms with van der Waals surface area (Å²) in [5.74, 6) is -0.862. The summed E-state index contributed by atoms with van der Waals surface area (Å²) in [5, 5.41) is 9.32. The molecule has 1 aliphatic rings. The number of pyridine rings is 1. The molecule has 1 N–H and O–H groups in total. The first-order valence-electron chi connectivity index (χ1n) is 6.85. The maximum atomic E-state index is 12.4. The Hall–Kier alpha value is -1.91. The molecule has 0 aliphatic carbocycles. The SMILES string of the molecule is CC(C)(C(=O)O)C1CCCN(C(=O)c2ccncc2)C1. The summed E-state index contributed by atoms with van der Waals surface area (Å²) in [7, 11) is 0. The Morgan fingerprint density at radius 2 is 2.00 bits per heavy atom. The molecule has 20 heavy (non-hydrogen) atoms. The number of amides is 1. The number of carboxylic acids is 1. The standard InChI is InChI=1S/C15H20N2O3/c1-15(2,14(19)20)12-4-3-9-17(10-12)13(18)11-5-7-16-8-6-11/h5-8,12H,3-4,9-10H2,1-2H3,(H,19,20). The van der Waals surface area contributed by atoms with Gasteiger partial charge in [-0.25, -0.2) is 0 Å². The highest BCUT2D eigenvalue weighted by atomic mass is 16.4. The molecule has 1 aromatic heterocycles. The lowest BCUT2D eigenvalue weighted by molar-refractivity contribution is -0.151. The minimum atomic E-state index is -0.808. The summed E-state index contributed by atoms with van der Waals surface area (Å²) in [4.78, 5) is 29.4. The van der Waals surface area contributed by atoms with E-state index in [1.165, 1.54) is 0 Å². The predicted molar refractivity (Wildman–Crippen MR) is 74.3 cm³/mol. The van der Waals surface area contributed by atoms with Gasteiger partial charge in [0.05, 0.1) is 5.41 Å². The van der Waals surface area contributed by atoms with E-state index in [-0.39, 0.29) is 11.8 Å². The number of likely N-dealkylation sites (tertiary alicyclic amines) is 1. The van der Waals surface area contributed by atoms with Gasteiger partial charge in [0, 0.05) is 31.0 Å². The quantitative estimate of drug-likeness (QED) is 0.917. The Morgan fingerprint density at radius 1 is 1.35 bits per heavy atom. The smallest absolute Gasteiger partial charge is 0.309 e. The molecule has 1 fully saturated rings. The first-order chi connectivity index (χ1) is 9.43. The van der Waals surface area contributed by atoms with Crippen LogP contribution >= 0.6 is 0 Å². The van der Waals surface area contributed by atoms with E-state index in [2.05, 4.69) is 4.98 Å². The molecule has 2 rings (SSSR count). The van der Waals surface area contributed by atoms with E-state index in [0.29, 0.717) is 18.7 Å². The van der Waals surface area contributed by atoms with E-state index in [0.717, 1.165) is 12.8 Å². The number of aromatic nitrogens is 1. The lowest BCUT2D eigenvalue weighted by atomic mass is 9.74. The van der Waals surface area contributed by atoms with Crippen LogP contribution in [0.5, 0.6) is 0 Å². The molecule has 1 aliphatic heterocycles. The zero-order valence-corrected chi connectivity index (χ0v) is 11.9. The Labute approximate surface area is 118 Å². The summed E-state index contributed by atoms with van der Waals surface area (Å²) in [5.41, 5.74) is -0.203. The first-order valence-corrected chi connectivity index (χ1v) is 6.85. The Kier molecular flexibility index (Phi) is 4.06. The van der Waals surface area contributed by atoms with Gasteiger partial charge in [-0.05, 0) is 44.7 Å². The molecule has 1 atom stereocenters. The zero-order chi connectivity index (χ0) is 14.8. The van der Waals surface area contributed by atoms with Crippen molar-refractivity contribution in [1.82, 2.24) is 9.88 Å². The van der Waals surface area contributed by atoms with Crippen LogP contribution in [0.4, 0.5) is 0 Å². The van der Waals surface area contributed by atoms with Crippen LogP contribution in [-0.4, -0.2) is 40.0 Å². The van der Waals surface area contributed by atoms with Crippen molar-refractivity contribution in [2.45, 2.75) is 26.7 Å². The van der Waals surface area contributed by atoms with Crippen LogP contribution in [0.1, 0.15) is 37.0 Å². The number of carboxylic acid groups (broad SMARTS) is 1. The third-order valence-corrected chi connectivity index (χ3v) is 4.21. The van der Waals surface area contributed by atoms with Crippen LogP contribution in [-0.2, 0) is 4.79 Å². The molecule has 1 saturated heterocycles. The number of hydrogen-bond donors (Lipinski definition) is 1. The molecule has 0 radical (unpaired) electrons. The van der Waals surface area contributed by atoms with E-state index in [1.54, 1.807) is 43.3 Å². The summed E-state index contributed by atoms with van der Waals surface area (Å²) < 4.78 is 0. The van der Waals surface area contributed by atoms with E-state index in [9.17, 15) is 14.7 Å². The summed E-state index contributed by atoms with van der Waals surface area (Å²) >= 11 is 0. The van der Waals surface area contributed by atoms with E-state index in [4.69, 9.17) is 0 Å². The van der Waals surface area contributed by atoms with Gasteiger partial charge in [-0.15, -0.1) is 0 Å². The predicted octanol–water partition coefficient (Wildman–Crippen LogP) is 2.04. The lowest BCUT2D eigenvalue weighted by Crippen LogP contribution is -2.46. The Balaban J connectivity index is 2.11. The molecule has 0 bridgehead atoms. The maximum Gasteiger partial charge on any atom is 0.309 e. The van der Waals surface area contributed by atoms with E-state index < -0.39 is 11.4 Å². The van der Waals surface area contributed by atoms with Crippen molar-refractivity contribution in [3.05, 3.63) is 30.1 Å². The molecule has 5 nitrogen and oxygen atoms in total. The Morgan fingerprint density at radius 3 is 2.60 bits per heavy atom. The van der Waals surface area contributed by atoms with Crippen molar-refractivity contribution in [2.24, 2.45) is 11.3 Å². The number of piperidine rings is 1. The average Bonchev–Trinajstić information content (AvgIpc) is 2.47. The van der Waals surface area contributed by atoms with Crippen LogP contribution in [0.25, 0.3) is 0 Å². The summed E-state index contributed by atoms with van der Waals surface area (Å²) in [6.45, 7) is 4.66. The van der Waals surface area contributed by atoms with Crippen LogP contribution < -0.4 is 0 Å². The number of rotatable bonds is 3. The molecule has 0 saturated carbocycles. The highest BCUT2D eigenvalue weighted by Crippen LogP contribution is 2.34. The fourth-order valence-corrected chi connectivity index (χ4v) is 2.60. The van der Waals surface area contributed by atoms with E-state index >= 15 is 0 Å². The second-order valence-electron chi connectivity index (χ2n) is 5.85. The van der Waals surface area contributed by atoms with Gasteiger partial charge in [0.25, 0.3) is 5.91 Å². The highest BCUT2D eigenvalue weighted by Gasteiger charge is 2.40. The van der Waals surface area contributed by atoms with Gasteiger partial charge in [-0.3, -0.25) is 14.6 Å². The monoisotopic (exact) mass is 276 g/mol. The summed E-state index contributed by atoms with van der Waals surface area (Å²) in [6, 6.07) is 3.38. The van der Waals surface area contributed by atoms with E-state index in [1.807, 2.05) is 0 Å². The zero-order valence-electron chi connectivity index (χ0n) is 11.9. The van der Waals surface area contributed by atoms with Gasteiger partial charge in [0.15, 0.2) is 0 Å². The van der Waals surface area contributed by atoms with Gasteiger partial charge in [0.1, 0.15) is 0 Å². The topological polar surface area (TPSA) is 70.5 Å². The van der Waals surface area contributed by atoms with Crippen molar-refractivity contribution >= 4 is 11.9 Å². The van der Waals surface area contributed by atoms with Crippen molar-refractivity contribution in [1.29, 1.82) is 0 Å². The molecule has 1 unspecified atom stereocenters. The minimum Gasteiger partial charge on any atom is -0.481 e. The number of nitrogens with zero attached hydrogens (tertiary/aromatic N) is 2. The highest BCUT2D eigenvalue weighted by molar-refractivity contribution is 5.94. The maximum absolute atomic E-state index is 12.4. The van der Waals surface area contributed by atoms with Crippen molar-refractivity contribution in [3.8, 4) is 0 Å². The first kappa shape index (κ1) is 14.5. The van der Waals surface area contributed by atoms with Gasteiger partial charge >= 0.3 is 5.97 Å². The number of aliphatic carboxylic acids is 1. The molecule has 2 heterocycles. The van der Waals surface area contributed by atoms with Crippen molar-refractivity contribution < 1.29 is 14.7 Å². The second-order valence-corrected chi connectivity index (χ2v) is 5.85. The minimum absolute atomic E-state index is 0.0143. The molecular weight excluding hydrogens is 256 g/mol. The molecule has 0 spiro atoms. The van der Waals surface area contributed by atoms with Crippen LogP contribution in [0.15, 0.2) is 24.5 Å². The largest absolute Gasteiger partial charge is 0.481 e. The number of carbonyl (C=O) groups excluding carboxylic acids is 1. The van der Waals surface area contributed by atoms with Gasteiger partial charge in [-0.2, -0.15) is 0 Å². The van der Waals surface area contributed by atoms with Crippen molar-refractivity contribution in [2.75, 3.05) is 13.1 Å². The lowest BCUT2D eigenvalue weighted by Gasteiger charge is -2.39. The molecule has 0 aromatic carbocycles. The molecule has 108 valence electrons. The summed E-state index contributed by atoms with van der Waals surface area (Å²) in [6.07, 6.45) is 4.88. The third-order valence-electron chi connectivity index (χ3n) is 4.21. The molecule has 1 aromatic rings. The van der Waals surface area contributed by atoms with Gasteiger partial charge in [0.2, 0.25) is 0 Å². The number of hydrogen-bond acceptors (Lipinski definition) is 3. The second kappa shape index (κ2) is 5.61. The molecular formula is C15H20N2O3. The third kappa shape index (κ3) is 2.81. The fourth-order valence-electron chi connectivity index (χ4n) is 2.60. The van der Waals surface area contributed by atoms with Crippen LogP contribution in [0.3, 0.4) is 0 Å². The van der Waals surface area contributed by atoms with Gasteiger partial charge < -0.3 is 10.0 Å². The fraction of sp³-hybridized carbons (Fsp3) is 0.533. The van der Waals surface area contributed by atoms with Crippen molar-refractivity contribution in [3.63, 3.8) is 0 Å². The Bertz CT molecular complexity index is 499. The number of carbonyl (C=O) groups is 2.